The highest BCUT2D eigenvalue weighted by molar-refractivity contribution is 5.50. The summed E-state index contributed by atoms with van der Waals surface area (Å²) in [5.74, 6) is 1.62. The minimum Gasteiger partial charge on any atom is -0.395 e. The second kappa shape index (κ2) is 5.95. The number of hydrogen-bond donors (Lipinski definition) is 2. The van der Waals surface area contributed by atoms with E-state index in [9.17, 15) is 0 Å². The van der Waals surface area contributed by atoms with E-state index >= 15 is 0 Å². The fraction of sp³-hybridized carbons (Fsp3) is 0.722. The molecule has 2 N–H and O–H groups in total. The van der Waals surface area contributed by atoms with Crippen LogP contribution >= 0.6 is 0 Å². The van der Waals surface area contributed by atoms with E-state index in [4.69, 9.17) is 9.84 Å². The van der Waals surface area contributed by atoms with Crippen molar-refractivity contribution < 1.29 is 9.84 Å². The Morgan fingerprint density at radius 2 is 2.22 bits per heavy atom. The van der Waals surface area contributed by atoms with Gasteiger partial charge < -0.3 is 20.1 Å². The van der Waals surface area contributed by atoms with Crippen molar-refractivity contribution in [2.75, 3.05) is 37.0 Å². The number of aliphatic hydroxyl groups excluding tert-OH is 1. The molecule has 1 aromatic rings. The summed E-state index contributed by atoms with van der Waals surface area (Å²) in [6.07, 6.45) is 8.82. The summed E-state index contributed by atoms with van der Waals surface area (Å²) in [7, 11) is 1.97. The molecule has 23 heavy (non-hydrogen) atoms. The van der Waals surface area contributed by atoms with E-state index in [0.717, 1.165) is 18.1 Å². The monoisotopic (exact) mass is 317 g/mol. The van der Waals surface area contributed by atoms with Crippen LogP contribution in [0.2, 0.25) is 0 Å². The van der Waals surface area contributed by atoms with Crippen LogP contribution in [-0.4, -0.2) is 49.0 Å². The van der Waals surface area contributed by atoms with Gasteiger partial charge in [0.15, 0.2) is 0 Å². The highest BCUT2D eigenvalue weighted by Gasteiger charge is 2.64. The molecule has 1 spiro atoms. The zero-order chi connectivity index (χ0) is 15.9. The number of nitrogens with zero attached hydrogens (tertiary/aromatic N) is 2. The summed E-state index contributed by atoms with van der Waals surface area (Å²) in [6, 6.07) is 4.66. The largest absolute Gasteiger partial charge is 0.395 e. The number of aromatic nitrogens is 1. The van der Waals surface area contributed by atoms with Gasteiger partial charge in [0.05, 0.1) is 24.6 Å². The smallest absolute Gasteiger partial charge is 0.126 e. The first-order valence-electron chi connectivity index (χ1n) is 8.91. The second-order valence-electron chi connectivity index (χ2n) is 7.35. The zero-order valence-corrected chi connectivity index (χ0v) is 13.9. The van der Waals surface area contributed by atoms with Crippen LogP contribution in [0.1, 0.15) is 32.1 Å². The number of ether oxygens (including phenoxy) is 1. The number of fused-ring (bicyclic) bond motifs is 2. The molecule has 2 aliphatic carbocycles. The molecule has 3 aliphatic rings. The Morgan fingerprint density at radius 3 is 2.91 bits per heavy atom. The third-order valence-corrected chi connectivity index (χ3v) is 6.21. The van der Waals surface area contributed by atoms with Crippen LogP contribution in [0.25, 0.3) is 0 Å². The van der Waals surface area contributed by atoms with Gasteiger partial charge in [-0.1, -0.05) is 12.8 Å². The lowest BCUT2D eigenvalue weighted by atomic mass is 9.54. The van der Waals surface area contributed by atoms with Gasteiger partial charge in [-0.3, -0.25) is 0 Å². The van der Waals surface area contributed by atoms with Gasteiger partial charge in [0, 0.05) is 37.6 Å². The van der Waals surface area contributed by atoms with Gasteiger partial charge >= 0.3 is 0 Å². The Morgan fingerprint density at radius 1 is 1.39 bits per heavy atom. The summed E-state index contributed by atoms with van der Waals surface area (Å²) in [6.45, 7) is 1.71. The van der Waals surface area contributed by atoms with Crippen LogP contribution in [0.4, 0.5) is 11.5 Å². The quantitative estimate of drug-likeness (QED) is 0.872. The summed E-state index contributed by atoms with van der Waals surface area (Å²) in [5, 5.41) is 12.8. The van der Waals surface area contributed by atoms with E-state index in [1.165, 1.54) is 32.1 Å². The van der Waals surface area contributed by atoms with Gasteiger partial charge in [-0.15, -0.1) is 0 Å². The molecule has 2 heterocycles. The topological polar surface area (TPSA) is 57.6 Å². The molecule has 5 nitrogen and oxygen atoms in total. The molecule has 5 heteroatoms. The van der Waals surface area contributed by atoms with Crippen molar-refractivity contribution in [2.24, 2.45) is 11.3 Å². The molecule has 126 valence electrons. The highest BCUT2D eigenvalue weighted by atomic mass is 16.5. The molecular formula is C18H27N3O2. The first-order chi connectivity index (χ1) is 11.2. The Kier molecular flexibility index (Phi) is 3.93. The molecule has 1 aromatic heterocycles. The molecule has 0 bridgehead atoms. The van der Waals surface area contributed by atoms with E-state index in [-0.39, 0.29) is 6.61 Å². The molecule has 3 unspecified atom stereocenters. The molecular weight excluding hydrogens is 290 g/mol. The Hall–Kier alpha value is -1.33. The molecule has 0 amide bonds. The van der Waals surface area contributed by atoms with Crippen LogP contribution in [0, 0.1) is 11.3 Å². The average molecular weight is 317 g/mol. The van der Waals surface area contributed by atoms with Gasteiger partial charge in [-0.05, 0) is 31.4 Å². The lowest BCUT2D eigenvalue weighted by molar-refractivity contribution is -0.111. The minimum absolute atomic E-state index is 0.157. The van der Waals surface area contributed by atoms with Gasteiger partial charge in [-0.25, -0.2) is 4.98 Å². The molecule has 2 saturated carbocycles. The van der Waals surface area contributed by atoms with Crippen molar-refractivity contribution in [3.05, 3.63) is 18.3 Å². The lowest BCUT2D eigenvalue weighted by Crippen LogP contribution is -2.64. The first kappa shape index (κ1) is 15.2. The van der Waals surface area contributed by atoms with Crippen LogP contribution in [0.15, 0.2) is 18.3 Å². The maximum Gasteiger partial charge on any atom is 0.126 e. The summed E-state index contributed by atoms with van der Waals surface area (Å²) in [5.41, 5.74) is 1.39. The van der Waals surface area contributed by atoms with Crippen molar-refractivity contribution in [3.8, 4) is 0 Å². The normalized spacial score (nSPS) is 31.0. The van der Waals surface area contributed by atoms with E-state index in [0.29, 0.717) is 30.0 Å². The van der Waals surface area contributed by atoms with E-state index in [1.54, 1.807) is 0 Å². The first-order valence-corrected chi connectivity index (χ1v) is 8.91. The number of anilines is 2. The number of nitrogens with one attached hydrogen (secondary N) is 1. The predicted octanol–water partition coefficient (Wildman–Crippen LogP) is 2.27. The van der Waals surface area contributed by atoms with Crippen molar-refractivity contribution >= 4 is 11.5 Å². The number of hydrogen-bond acceptors (Lipinski definition) is 5. The molecule has 1 aliphatic heterocycles. The van der Waals surface area contributed by atoms with E-state index in [2.05, 4.69) is 22.4 Å². The molecule has 0 radical (unpaired) electrons. The van der Waals surface area contributed by atoms with Crippen molar-refractivity contribution in [2.45, 2.75) is 44.2 Å². The molecule has 3 fully saturated rings. The number of aliphatic hydroxyl groups is 1. The van der Waals surface area contributed by atoms with Gasteiger partial charge in [0.1, 0.15) is 5.82 Å². The van der Waals surface area contributed by atoms with Crippen LogP contribution < -0.4 is 10.2 Å². The molecule has 0 aromatic carbocycles. The Bertz CT molecular complexity index is 542. The molecule has 3 atom stereocenters. The van der Waals surface area contributed by atoms with Gasteiger partial charge in [0.2, 0.25) is 0 Å². The summed E-state index contributed by atoms with van der Waals surface area (Å²) in [4.78, 5) is 6.61. The average Bonchev–Trinajstić information content (AvgIpc) is 3.22. The third-order valence-electron chi connectivity index (χ3n) is 6.21. The summed E-state index contributed by atoms with van der Waals surface area (Å²) >= 11 is 0. The number of pyridine rings is 1. The maximum absolute atomic E-state index is 9.03. The SMILES string of the molecule is CN(CCO)c1ccc(NC2C3CCOC3C23CCCC3)nc1. The maximum atomic E-state index is 9.03. The second-order valence-corrected chi connectivity index (χ2v) is 7.35. The lowest BCUT2D eigenvalue weighted by Gasteiger charge is -2.57. The zero-order valence-electron chi connectivity index (χ0n) is 13.9. The van der Waals surface area contributed by atoms with Crippen molar-refractivity contribution in [1.82, 2.24) is 4.98 Å². The van der Waals surface area contributed by atoms with Crippen molar-refractivity contribution in [3.63, 3.8) is 0 Å². The molecule has 1 saturated heterocycles. The molecule has 4 rings (SSSR count). The van der Waals surface area contributed by atoms with Gasteiger partial charge in [0.25, 0.3) is 0 Å². The highest BCUT2D eigenvalue weighted by Crippen LogP contribution is 2.61. The third kappa shape index (κ3) is 2.41. The van der Waals surface area contributed by atoms with E-state index in [1.807, 2.05) is 18.1 Å². The summed E-state index contributed by atoms with van der Waals surface area (Å²) < 4.78 is 6.04. The van der Waals surface area contributed by atoms with E-state index < -0.39 is 0 Å². The van der Waals surface area contributed by atoms with Crippen molar-refractivity contribution in [1.29, 1.82) is 0 Å². The standard InChI is InChI=1S/C18H27N3O2/c1-21(9-10-22)13-4-5-15(19-12-13)20-16-14-6-11-23-17(14)18(16)7-2-3-8-18/h4-5,12,14,16-17,22H,2-3,6-11H2,1H3,(H,19,20). The minimum atomic E-state index is 0.157. The number of rotatable bonds is 5. The Balaban J connectivity index is 1.47. The predicted molar refractivity (Wildman–Crippen MR) is 90.8 cm³/mol. The van der Waals surface area contributed by atoms with Crippen LogP contribution in [-0.2, 0) is 4.74 Å². The number of likely N-dealkylation sites (N-methyl/N-ethyl adjacent to an activating group) is 1. The Labute approximate surface area is 138 Å². The fourth-order valence-electron chi connectivity index (χ4n) is 5.04. The van der Waals surface area contributed by atoms with Crippen LogP contribution in [0.5, 0.6) is 0 Å². The van der Waals surface area contributed by atoms with Crippen LogP contribution in [0.3, 0.4) is 0 Å². The van der Waals surface area contributed by atoms with Gasteiger partial charge in [-0.2, -0.15) is 0 Å². The fourth-order valence-corrected chi connectivity index (χ4v) is 5.04.